The smallest absolute Gasteiger partial charge is 0.311 e. The summed E-state index contributed by atoms with van der Waals surface area (Å²) >= 11 is 0. The van der Waals surface area contributed by atoms with E-state index in [-0.39, 0.29) is 30.1 Å². The van der Waals surface area contributed by atoms with E-state index in [1.807, 2.05) is 56.3 Å². The number of aliphatic hydroxyl groups is 1. The minimum Gasteiger partial charge on any atom is -0.462 e. The van der Waals surface area contributed by atoms with Crippen LogP contribution in [0.2, 0.25) is 0 Å². The maximum Gasteiger partial charge on any atom is 0.311 e. The topological polar surface area (TPSA) is 176 Å². The molecule has 0 unspecified atom stereocenters. The van der Waals surface area contributed by atoms with Gasteiger partial charge in [0.05, 0.1) is 17.2 Å². The predicted octanol–water partition coefficient (Wildman–Crippen LogP) is 7.49. The quantitative estimate of drug-likeness (QED) is 0.0261. The molecule has 1 fully saturated rings. The lowest BCUT2D eigenvalue weighted by Crippen LogP contribution is -2.35. The summed E-state index contributed by atoms with van der Waals surface area (Å²) < 4.78 is 17.2. The van der Waals surface area contributed by atoms with Crippen molar-refractivity contribution >= 4 is 47.1 Å². The number of ether oxygens (including phenoxy) is 3. The van der Waals surface area contributed by atoms with Crippen LogP contribution in [0, 0.1) is 25.7 Å². The molecule has 2 aromatic carbocycles. The van der Waals surface area contributed by atoms with Gasteiger partial charge in [-0.25, -0.2) is 0 Å². The summed E-state index contributed by atoms with van der Waals surface area (Å²) in [6, 6.07) is 15.0. The number of hydrogen-bond acceptors (Lipinski definition) is 10. The molecule has 334 valence electrons. The van der Waals surface area contributed by atoms with Crippen LogP contribution in [0.3, 0.4) is 0 Å². The highest BCUT2D eigenvalue weighted by Gasteiger charge is 2.46. The fourth-order valence-corrected chi connectivity index (χ4v) is 8.71. The van der Waals surface area contributed by atoms with Gasteiger partial charge < -0.3 is 39.8 Å². The highest BCUT2D eigenvalue weighted by molar-refractivity contribution is 6.35. The second-order valence-corrected chi connectivity index (χ2v) is 16.4. The molecule has 1 aromatic heterocycles. The largest absolute Gasteiger partial charge is 0.462 e. The zero-order valence-electron chi connectivity index (χ0n) is 37.1. The monoisotopic (exact) mass is 852 g/mol. The third-order valence-corrected chi connectivity index (χ3v) is 12.0. The molecule has 2 aliphatic rings. The third-order valence-electron chi connectivity index (χ3n) is 12.0. The van der Waals surface area contributed by atoms with Gasteiger partial charge in [0, 0.05) is 74.3 Å². The first-order valence-electron chi connectivity index (χ1n) is 22.1. The van der Waals surface area contributed by atoms with Gasteiger partial charge in [-0.15, -0.1) is 0 Å². The van der Waals surface area contributed by atoms with Crippen molar-refractivity contribution in [3.63, 3.8) is 0 Å². The third kappa shape index (κ3) is 13.2. The van der Waals surface area contributed by atoms with Crippen LogP contribution in [-0.2, 0) is 35.1 Å². The summed E-state index contributed by atoms with van der Waals surface area (Å²) in [4.78, 5) is 68.8. The van der Waals surface area contributed by atoms with E-state index in [9.17, 15) is 29.1 Å². The van der Waals surface area contributed by atoms with Crippen molar-refractivity contribution in [2.24, 2.45) is 11.8 Å². The van der Waals surface area contributed by atoms with Gasteiger partial charge in [-0.2, -0.15) is 0 Å². The van der Waals surface area contributed by atoms with Crippen molar-refractivity contribution in [2.75, 3.05) is 31.5 Å². The predicted molar refractivity (Wildman–Crippen MR) is 239 cm³/mol. The lowest BCUT2D eigenvalue weighted by Gasteiger charge is -2.26. The van der Waals surface area contributed by atoms with Crippen LogP contribution < -0.4 is 15.4 Å². The Balaban J connectivity index is 1.15. The first-order valence-corrected chi connectivity index (χ1v) is 22.1. The van der Waals surface area contributed by atoms with Crippen molar-refractivity contribution in [1.82, 2.24) is 15.2 Å². The lowest BCUT2D eigenvalue weighted by atomic mass is 9.85. The fraction of sp³-hybridized carbons (Fsp3) is 0.490. The summed E-state index contributed by atoms with van der Waals surface area (Å²) in [5.74, 6) is -1.56. The summed E-state index contributed by atoms with van der Waals surface area (Å²) in [5.41, 5.74) is 5.38. The molecule has 0 saturated heterocycles. The average molecular weight is 853 g/mol. The molecule has 0 bridgehead atoms. The van der Waals surface area contributed by atoms with Gasteiger partial charge in [-0.3, -0.25) is 24.0 Å². The van der Waals surface area contributed by atoms with Crippen molar-refractivity contribution in [3.05, 3.63) is 94.3 Å². The number of aromatic nitrogens is 1. The van der Waals surface area contributed by atoms with E-state index in [2.05, 4.69) is 34.4 Å². The highest BCUT2D eigenvalue weighted by atomic mass is 16.6. The SMILES string of the molecule is CCN(CC)CCNC(=O)c1c(C)[nH]c(/C=C2\C(=O)Nc3ccc(OC(=O)CCC/C=C\C[C@@H]4[C@@H](CC[C@@H](O)CCc5ccccc5)[C@H](OC(C)=O)C[C@@H]4OC(C)=O)cc32)c1C. The molecule has 1 aliphatic carbocycles. The minimum atomic E-state index is -0.522. The molecule has 5 atom stereocenters. The number of aliphatic hydroxyl groups excluding tert-OH is 1. The molecule has 1 aliphatic heterocycles. The van der Waals surface area contributed by atoms with Gasteiger partial charge in [0.1, 0.15) is 18.0 Å². The van der Waals surface area contributed by atoms with E-state index in [1.165, 1.54) is 13.8 Å². The number of fused-ring (bicyclic) bond motifs is 1. The van der Waals surface area contributed by atoms with Gasteiger partial charge in [0.2, 0.25) is 0 Å². The molecule has 0 spiro atoms. The Bertz CT molecular complexity index is 2090. The van der Waals surface area contributed by atoms with Gasteiger partial charge in [-0.1, -0.05) is 56.3 Å². The second kappa shape index (κ2) is 23.1. The van der Waals surface area contributed by atoms with Crippen LogP contribution in [0.5, 0.6) is 5.75 Å². The number of benzene rings is 2. The average Bonchev–Trinajstić information content (AvgIpc) is 3.82. The lowest BCUT2D eigenvalue weighted by molar-refractivity contribution is -0.149. The number of likely N-dealkylation sites (N-methyl/N-ethyl adjacent to an activating group) is 1. The van der Waals surface area contributed by atoms with Gasteiger partial charge in [0.25, 0.3) is 11.8 Å². The minimum absolute atomic E-state index is 0.102. The van der Waals surface area contributed by atoms with Crippen molar-refractivity contribution in [3.8, 4) is 5.75 Å². The van der Waals surface area contributed by atoms with Crippen molar-refractivity contribution < 1.29 is 43.3 Å². The standard InChI is InChI=1S/C49H64N4O9/c1-7-53(8-2)27-26-50-49(59)47-31(3)43(51-32(47)4)29-41-40-28-37(23-25-42(40)52-48(41)58)62-46(57)19-15-10-9-14-18-38-39(45(61-34(6)55)30-44(38)60-33(5)54)24-22-36(56)21-20-35-16-12-11-13-17-35/h9,11-14,16-17,23,25,28-29,36,38-39,44-45,51,56H,7-8,10,15,18-22,24,26-27,30H2,1-6H3,(H,50,59)(H,52,58)/b14-9-,41-29-/t36-,38+,39+,44-,45+/m0/s1. The van der Waals surface area contributed by atoms with Gasteiger partial charge >= 0.3 is 17.9 Å². The number of esters is 3. The Morgan fingerprint density at radius 3 is 2.35 bits per heavy atom. The second-order valence-electron chi connectivity index (χ2n) is 16.4. The van der Waals surface area contributed by atoms with E-state index >= 15 is 0 Å². The zero-order chi connectivity index (χ0) is 44.8. The first-order chi connectivity index (χ1) is 29.8. The van der Waals surface area contributed by atoms with Crippen molar-refractivity contribution in [1.29, 1.82) is 0 Å². The number of H-pyrrole nitrogens is 1. The molecule has 1 saturated carbocycles. The number of anilines is 1. The van der Waals surface area contributed by atoms with Crippen LogP contribution in [0.4, 0.5) is 5.69 Å². The maximum absolute atomic E-state index is 13.1. The molecular formula is C49H64N4O9. The van der Waals surface area contributed by atoms with E-state index in [0.29, 0.717) is 91.0 Å². The van der Waals surface area contributed by atoms with Crippen LogP contribution in [0.1, 0.15) is 117 Å². The van der Waals surface area contributed by atoms with E-state index < -0.39 is 36.2 Å². The molecule has 5 rings (SSSR count). The molecule has 62 heavy (non-hydrogen) atoms. The van der Waals surface area contributed by atoms with Crippen LogP contribution in [0.15, 0.2) is 60.7 Å². The molecule has 2 heterocycles. The Morgan fingerprint density at radius 2 is 1.66 bits per heavy atom. The number of aromatic amines is 1. The molecule has 0 radical (unpaired) electrons. The number of hydrogen-bond donors (Lipinski definition) is 4. The summed E-state index contributed by atoms with van der Waals surface area (Å²) in [6.45, 7) is 13.7. The van der Waals surface area contributed by atoms with E-state index in [4.69, 9.17) is 14.2 Å². The highest BCUT2D eigenvalue weighted by Crippen LogP contribution is 2.42. The summed E-state index contributed by atoms with van der Waals surface area (Å²) in [6.07, 6.45) is 9.19. The van der Waals surface area contributed by atoms with E-state index in [0.717, 1.165) is 37.2 Å². The Hall–Kier alpha value is -5.53. The molecule has 13 heteroatoms. The number of amides is 2. The maximum atomic E-state index is 13.1. The number of carbonyl (C=O) groups excluding carboxylic acids is 5. The number of carbonyl (C=O) groups is 5. The van der Waals surface area contributed by atoms with Crippen molar-refractivity contribution in [2.45, 2.75) is 118 Å². The number of nitrogens with zero attached hydrogens (tertiary/aromatic N) is 1. The van der Waals surface area contributed by atoms with Gasteiger partial charge in [0.15, 0.2) is 0 Å². The summed E-state index contributed by atoms with van der Waals surface area (Å²) in [5, 5.41) is 16.7. The Kier molecular flexibility index (Phi) is 17.7. The molecular weight excluding hydrogens is 789 g/mol. The van der Waals surface area contributed by atoms with Gasteiger partial charge in [-0.05, 0) is 107 Å². The van der Waals surface area contributed by atoms with Crippen LogP contribution >= 0.6 is 0 Å². The molecule has 13 nitrogen and oxygen atoms in total. The van der Waals surface area contributed by atoms with E-state index in [1.54, 1.807) is 24.3 Å². The molecule has 2 amide bonds. The molecule has 3 aromatic rings. The zero-order valence-corrected chi connectivity index (χ0v) is 37.1. The summed E-state index contributed by atoms with van der Waals surface area (Å²) in [7, 11) is 0. The normalized spacial score (nSPS) is 19.4. The fourth-order valence-electron chi connectivity index (χ4n) is 8.71. The number of aryl methyl sites for hydroxylation is 2. The number of allylic oxidation sites excluding steroid dienone is 2. The Labute approximate surface area is 365 Å². The van der Waals surface area contributed by atoms with Crippen LogP contribution in [0.25, 0.3) is 11.6 Å². The number of unbranched alkanes of at least 4 members (excludes halogenated alkanes) is 1. The molecule has 4 N–H and O–H groups in total. The number of nitrogens with one attached hydrogen (secondary N) is 3. The van der Waals surface area contributed by atoms with Crippen LogP contribution in [-0.4, -0.2) is 89.2 Å². The first kappa shape index (κ1) is 47.5. The number of rotatable bonds is 22. The Morgan fingerprint density at radius 1 is 0.952 bits per heavy atom.